The van der Waals surface area contributed by atoms with E-state index in [1.54, 1.807) is 23.3 Å². The van der Waals surface area contributed by atoms with Gasteiger partial charge in [-0.15, -0.1) is 0 Å². The van der Waals surface area contributed by atoms with Gasteiger partial charge in [-0.1, -0.05) is 6.92 Å². The zero-order chi connectivity index (χ0) is 19.5. The van der Waals surface area contributed by atoms with Crippen LogP contribution < -0.4 is 0 Å². The van der Waals surface area contributed by atoms with E-state index in [9.17, 15) is 17.4 Å². The van der Waals surface area contributed by atoms with Crippen molar-refractivity contribution in [1.29, 1.82) is 0 Å². The fourth-order valence-electron chi connectivity index (χ4n) is 3.29. The molecule has 1 fully saturated rings. The molecule has 0 aromatic carbocycles. The second kappa shape index (κ2) is 6.15. The molecule has 0 aliphatic heterocycles. The highest BCUT2D eigenvalue weighted by molar-refractivity contribution is 7.85. The van der Waals surface area contributed by atoms with Crippen molar-refractivity contribution in [3.05, 3.63) is 23.7 Å². The maximum Gasteiger partial charge on any atom is 0.433 e. The van der Waals surface area contributed by atoms with Gasteiger partial charge in [0.15, 0.2) is 5.82 Å². The maximum absolute atomic E-state index is 13.0. The third-order valence-corrected chi connectivity index (χ3v) is 6.15. The van der Waals surface area contributed by atoms with Crippen molar-refractivity contribution in [2.45, 2.75) is 36.8 Å². The molecule has 27 heavy (non-hydrogen) atoms. The number of imidazole rings is 1. The normalized spacial score (nSPS) is 16.2. The van der Waals surface area contributed by atoms with Gasteiger partial charge < -0.3 is 4.57 Å². The van der Waals surface area contributed by atoms with Crippen LogP contribution in [0.2, 0.25) is 0 Å². The van der Waals surface area contributed by atoms with E-state index in [2.05, 4.69) is 15.1 Å². The Hall–Kier alpha value is -2.23. The Labute approximate surface area is 155 Å². The van der Waals surface area contributed by atoms with Gasteiger partial charge in [0.25, 0.3) is 0 Å². The van der Waals surface area contributed by atoms with Crippen molar-refractivity contribution in [3.63, 3.8) is 0 Å². The number of fused-ring (bicyclic) bond motifs is 1. The van der Waals surface area contributed by atoms with Gasteiger partial charge >= 0.3 is 6.18 Å². The average Bonchev–Trinajstić information content (AvgIpc) is 3.32. The smallest absolute Gasteiger partial charge is 0.324 e. The van der Waals surface area contributed by atoms with Crippen LogP contribution in [0.5, 0.6) is 0 Å². The van der Waals surface area contributed by atoms with Gasteiger partial charge in [0.1, 0.15) is 11.4 Å². The quantitative estimate of drug-likeness (QED) is 0.677. The highest BCUT2D eigenvalue weighted by Crippen LogP contribution is 2.45. The minimum Gasteiger partial charge on any atom is -0.324 e. The molecule has 0 saturated heterocycles. The van der Waals surface area contributed by atoms with Crippen LogP contribution in [0.3, 0.4) is 0 Å². The number of hydrogen-bond acceptors (Lipinski definition) is 4. The summed E-state index contributed by atoms with van der Waals surface area (Å²) in [5.74, 6) is 1.16. The van der Waals surface area contributed by atoms with Crippen molar-refractivity contribution in [1.82, 2.24) is 24.3 Å². The summed E-state index contributed by atoms with van der Waals surface area (Å²) >= 11 is 0. The third kappa shape index (κ3) is 2.95. The molecule has 3 aromatic heterocycles. The minimum atomic E-state index is -4.54. The number of aryl methyl sites for hydroxylation is 2. The molecule has 1 saturated carbocycles. The van der Waals surface area contributed by atoms with Crippen LogP contribution in [0, 0.1) is 0 Å². The van der Waals surface area contributed by atoms with E-state index < -0.39 is 22.7 Å². The molecule has 0 amide bonds. The zero-order valence-corrected chi connectivity index (χ0v) is 15.9. The first-order chi connectivity index (χ1) is 12.7. The molecule has 1 unspecified atom stereocenters. The summed E-state index contributed by atoms with van der Waals surface area (Å²) in [6.45, 7) is 1.83. The lowest BCUT2D eigenvalue weighted by Crippen LogP contribution is -2.07. The van der Waals surface area contributed by atoms with E-state index in [0.29, 0.717) is 33.6 Å². The molecule has 0 bridgehead atoms. The Morgan fingerprint density at radius 1 is 1.30 bits per heavy atom. The Kier molecular flexibility index (Phi) is 4.13. The summed E-state index contributed by atoms with van der Waals surface area (Å²) < 4.78 is 55.0. The predicted molar refractivity (Wildman–Crippen MR) is 94.6 cm³/mol. The molecule has 0 radical (unpaired) electrons. The summed E-state index contributed by atoms with van der Waals surface area (Å²) in [6, 6.07) is 0.931. The molecular formula is C17H18F3N5OS. The summed E-state index contributed by atoms with van der Waals surface area (Å²) in [7, 11) is 2.25. The van der Waals surface area contributed by atoms with Crippen LogP contribution >= 0.6 is 0 Å². The standard InChI is InChI=1S/C17H18F3N5OS/c1-4-27(26)15-13(23-25(3)14(15)9-5-6-9)16-22-10-7-12(17(18,19)20)21-8-11(10)24(16)2/h7-9H,4-6H2,1-3H3. The topological polar surface area (TPSA) is 65.6 Å². The Bertz CT molecular complexity index is 1060. The van der Waals surface area contributed by atoms with Gasteiger partial charge in [0, 0.05) is 25.8 Å². The number of aromatic nitrogens is 5. The van der Waals surface area contributed by atoms with Gasteiger partial charge in [0.05, 0.1) is 38.6 Å². The minimum absolute atomic E-state index is 0.182. The van der Waals surface area contributed by atoms with E-state index in [-0.39, 0.29) is 5.52 Å². The van der Waals surface area contributed by atoms with Gasteiger partial charge in [0.2, 0.25) is 0 Å². The molecule has 3 aromatic rings. The molecule has 1 aliphatic carbocycles. The lowest BCUT2D eigenvalue weighted by molar-refractivity contribution is -0.141. The van der Waals surface area contributed by atoms with Gasteiger partial charge in [-0.05, 0) is 18.9 Å². The van der Waals surface area contributed by atoms with Crippen LogP contribution in [0.4, 0.5) is 13.2 Å². The molecule has 1 aliphatic rings. The largest absolute Gasteiger partial charge is 0.433 e. The van der Waals surface area contributed by atoms with Crippen LogP contribution in [0.25, 0.3) is 22.6 Å². The number of halogens is 3. The molecule has 144 valence electrons. The molecule has 3 heterocycles. The number of pyridine rings is 1. The second-order valence-electron chi connectivity index (χ2n) is 6.65. The first-order valence-corrected chi connectivity index (χ1v) is 9.89. The van der Waals surface area contributed by atoms with Crippen LogP contribution in [0.1, 0.15) is 37.1 Å². The summed E-state index contributed by atoms with van der Waals surface area (Å²) in [6.07, 6.45) is -1.33. The van der Waals surface area contributed by atoms with Crippen molar-refractivity contribution < 1.29 is 17.4 Å². The van der Waals surface area contributed by atoms with Gasteiger partial charge in [-0.3, -0.25) is 8.89 Å². The monoisotopic (exact) mass is 397 g/mol. The van der Waals surface area contributed by atoms with E-state index in [0.717, 1.165) is 30.8 Å². The molecule has 0 N–H and O–H groups in total. The predicted octanol–water partition coefficient (Wildman–Crippen LogP) is 3.39. The Morgan fingerprint density at radius 2 is 2.00 bits per heavy atom. The van der Waals surface area contributed by atoms with Crippen molar-refractivity contribution in [2.75, 3.05) is 5.75 Å². The highest BCUT2D eigenvalue weighted by atomic mass is 32.2. The van der Waals surface area contributed by atoms with E-state index in [1.807, 2.05) is 6.92 Å². The Morgan fingerprint density at radius 3 is 2.59 bits per heavy atom. The summed E-state index contributed by atoms with van der Waals surface area (Å²) in [4.78, 5) is 8.53. The van der Waals surface area contributed by atoms with Crippen molar-refractivity contribution >= 4 is 21.8 Å². The van der Waals surface area contributed by atoms with E-state index in [4.69, 9.17) is 0 Å². The fourth-order valence-corrected chi connectivity index (χ4v) is 4.46. The first kappa shape index (κ1) is 18.1. The van der Waals surface area contributed by atoms with Crippen molar-refractivity contribution in [2.24, 2.45) is 14.1 Å². The highest BCUT2D eigenvalue weighted by Gasteiger charge is 2.36. The molecular weight excluding hydrogens is 379 g/mol. The van der Waals surface area contributed by atoms with Gasteiger partial charge in [-0.25, -0.2) is 9.97 Å². The van der Waals surface area contributed by atoms with E-state index >= 15 is 0 Å². The van der Waals surface area contributed by atoms with Crippen LogP contribution in [-0.4, -0.2) is 34.3 Å². The van der Waals surface area contributed by atoms with E-state index in [1.165, 1.54) is 0 Å². The zero-order valence-electron chi connectivity index (χ0n) is 15.0. The second-order valence-corrected chi connectivity index (χ2v) is 8.32. The molecule has 4 rings (SSSR count). The third-order valence-electron chi connectivity index (χ3n) is 4.77. The summed E-state index contributed by atoms with van der Waals surface area (Å²) in [5.41, 5.74) is 1.06. The average molecular weight is 397 g/mol. The number of rotatable bonds is 4. The molecule has 1 atom stereocenters. The van der Waals surface area contributed by atoms with Crippen molar-refractivity contribution in [3.8, 4) is 11.5 Å². The number of alkyl halides is 3. The van der Waals surface area contributed by atoms with Crippen LogP contribution in [0.15, 0.2) is 17.2 Å². The SMILES string of the molecule is CCS(=O)c1c(-c2nc3cc(C(F)(F)F)ncc3n2C)nn(C)c1C1CC1. The van der Waals surface area contributed by atoms with Gasteiger partial charge in [-0.2, -0.15) is 18.3 Å². The number of hydrogen-bond donors (Lipinski definition) is 0. The lowest BCUT2D eigenvalue weighted by Gasteiger charge is -2.05. The Balaban J connectivity index is 1.93. The first-order valence-electron chi connectivity index (χ1n) is 8.57. The lowest BCUT2D eigenvalue weighted by atomic mass is 10.2. The maximum atomic E-state index is 13.0. The molecule has 0 spiro atoms. The molecule has 10 heteroatoms. The fraction of sp³-hybridized carbons (Fsp3) is 0.471. The van der Waals surface area contributed by atoms with Crippen LogP contribution in [-0.2, 0) is 31.1 Å². The molecule has 6 nitrogen and oxygen atoms in total. The number of nitrogens with zero attached hydrogens (tertiary/aromatic N) is 5. The summed E-state index contributed by atoms with van der Waals surface area (Å²) in [5, 5.41) is 4.54.